The van der Waals surface area contributed by atoms with Crippen molar-refractivity contribution in [2.75, 3.05) is 7.05 Å². The second-order valence-electron chi connectivity index (χ2n) is 7.00. The van der Waals surface area contributed by atoms with Crippen molar-refractivity contribution in [2.24, 2.45) is 0 Å². The van der Waals surface area contributed by atoms with Crippen molar-refractivity contribution >= 4 is 15.9 Å². The van der Waals surface area contributed by atoms with Crippen LogP contribution in [0.15, 0.2) is 47.5 Å². The molecule has 28 heavy (non-hydrogen) atoms. The maximum absolute atomic E-state index is 12.6. The van der Waals surface area contributed by atoms with Crippen LogP contribution in [0.5, 0.6) is 5.88 Å². The normalized spacial score (nSPS) is 11.9. The first kappa shape index (κ1) is 21.8. The van der Waals surface area contributed by atoms with Gasteiger partial charge in [-0.15, -0.1) is 0 Å². The number of carbonyl (C=O) groups excluding carboxylic acids is 1. The summed E-state index contributed by atoms with van der Waals surface area (Å²) < 4.78 is 32.0. The van der Waals surface area contributed by atoms with E-state index in [9.17, 15) is 13.2 Å². The van der Waals surface area contributed by atoms with E-state index >= 15 is 0 Å². The lowest BCUT2D eigenvalue weighted by Gasteiger charge is -2.21. The third kappa shape index (κ3) is 5.53. The molecule has 0 atom stereocenters. The predicted octanol–water partition coefficient (Wildman–Crippen LogP) is 2.83. The molecule has 0 aliphatic carbocycles. The zero-order chi connectivity index (χ0) is 20.9. The number of amides is 1. The van der Waals surface area contributed by atoms with E-state index in [-0.39, 0.29) is 35.1 Å². The molecule has 0 aliphatic heterocycles. The van der Waals surface area contributed by atoms with Gasteiger partial charge in [-0.3, -0.25) is 4.79 Å². The Morgan fingerprint density at radius 2 is 1.89 bits per heavy atom. The van der Waals surface area contributed by atoms with Crippen LogP contribution in [0.4, 0.5) is 0 Å². The molecule has 7 nitrogen and oxygen atoms in total. The van der Waals surface area contributed by atoms with Crippen LogP contribution >= 0.6 is 0 Å². The number of pyridine rings is 1. The quantitative estimate of drug-likeness (QED) is 0.730. The van der Waals surface area contributed by atoms with Gasteiger partial charge in [0.15, 0.2) is 0 Å². The molecule has 0 spiro atoms. The highest BCUT2D eigenvalue weighted by Gasteiger charge is 2.23. The van der Waals surface area contributed by atoms with Gasteiger partial charge in [0.2, 0.25) is 15.9 Å². The highest BCUT2D eigenvalue weighted by molar-refractivity contribution is 7.89. The van der Waals surface area contributed by atoms with Gasteiger partial charge in [-0.1, -0.05) is 12.1 Å². The van der Waals surface area contributed by atoms with Crippen molar-refractivity contribution in [2.45, 2.75) is 51.3 Å². The maximum atomic E-state index is 12.6. The van der Waals surface area contributed by atoms with E-state index in [4.69, 9.17) is 4.74 Å². The van der Waals surface area contributed by atoms with Gasteiger partial charge < -0.3 is 10.1 Å². The highest BCUT2D eigenvalue weighted by atomic mass is 32.2. The second kappa shape index (κ2) is 9.16. The van der Waals surface area contributed by atoms with Crippen molar-refractivity contribution in [1.82, 2.24) is 14.6 Å². The van der Waals surface area contributed by atoms with Gasteiger partial charge in [-0.2, -0.15) is 4.31 Å². The fourth-order valence-electron chi connectivity index (χ4n) is 2.35. The Bertz CT molecular complexity index is 909. The summed E-state index contributed by atoms with van der Waals surface area (Å²) in [4.78, 5) is 16.7. The number of sulfonamides is 1. The molecule has 0 fully saturated rings. The van der Waals surface area contributed by atoms with Gasteiger partial charge >= 0.3 is 0 Å². The minimum absolute atomic E-state index is 0.0383. The number of ether oxygens (including phenoxy) is 1. The molecule has 0 unspecified atom stereocenters. The topological polar surface area (TPSA) is 88.6 Å². The van der Waals surface area contributed by atoms with Crippen LogP contribution < -0.4 is 10.1 Å². The molecular formula is C20H27N3O4S. The summed E-state index contributed by atoms with van der Waals surface area (Å²) in [5, 5.41) is 2.78. The van der Waals surface area contributed by atoms with E-state index in [1.54, 1.807) is 38.2 Å². The average molecular weight is 406 g/mol. The Kier molecular flexibility index (Phi) is 7.15. The maximum Gasteiger partial charge on any atom is 0.251 e. The number of benzene rings is 1. The van der Waals surface area contributed by atoms with Gasteiger partial charge in [0.25, 0.3) is 5.91 Å². The first-order valence-corrected chi connectivity index (χ1v) is 10.5. The van der Waals surface area contributed by atoms with Crippen molar-refractivity contribution in [3.63, 3.8) is 0 Å². The third-order valence-electron chi connectivity index (χ3n) is 4.11. The van der Waals surface area contributed by atoms with Gasteiger partial charge in [-0.05, 0) is 51.5 Å². The standard InChI is InChI=1S/C20H27N3O4S/c1-14(2)23(5)28(25,26)18-8-6-7-17(11-18)20(24)22-13-16-9-10-19(21-12-16)27-15(3)4/h6-12,14-15H,13H2,1-5H3,(H,22,24). The number of nitrogens with one attached hydrogen (secondary N) is 1. The minimum atomic E-state index is -3.65. The van der Waals surface area contributed by atoms with E-state index in [2.05, 4.69) is 10.3 Å². The molecule has 0 saturated carbocycles. The van der Waals surface area contributed by atoms with E-state index in [1.807, 2.05) is 19.9 Å². The number of hydrogen-bond acceptors (Lipinski definition) is 5. The Labute approximate surface area is 166 Å². The summed E-state index contributed by atoms with van der Waals surface area (Å²) in [5.74, 6) is 0.170. The molecule has 1 aromatic carbocycles. The molecule has 0 bridgehead atoms. The molecule has 1 N–H and O–H groups in total. The highest BCUT2D eigenvalue weighted by Crippen LogP contribution is 2.18. The second-order valence-corrected chi connectivity index (χ2v) is 8.99. The van der Waals surface area contributed by atoms with Gasteiger partial charge in [0.1, 0.15) is 0 Å². The summed E-state index contributed by atoms with van der Waals surface area (Å²) in [5.41, 5.74) is 1.10. The summed E-state index contributed by atoms with van der Waals surface area (Å²) in [6.45, 7) is 7.70. The Balaban J connectivity index is 2.07. The molecule has 8 heteroatoms. The molecule has 1 aromatic heterocycles. The average Bonchev–Trinajstić information content (AvgIpc) is 2.66. The van der Waals surface area contributed by atoms with Crippen LogP contribution in [0.2, 0.25) is 0 Å². The Morgan fingerprint density at radius 1 is 1.18 bits per heavy atom. The molecule has 2 aromatic rings. The monoisotopic (exact) mass is 405 g/mol. The first-order chi connectivity index (χ1) is 13.1. The predicted molar refractivity (Wildman–Crippen MR) is 108 cm³/mol. The van der Waals surface area contributed by atoms with E-state index in [1.165, 1.54) is 23.5 Å². The summed E-state index contributed by atoms with van der Waals surface area (Å²) in [7, 11) is -2.13. The van der Waals surface area contributed by atoms with Crippen molar-refractivity contribution in [3.8, 4) is 5.88 Å². The molecule has 0 saturated heterocycles. The number of hydrogen-bond donors (Lipinski definition) is 1. The molecule has 152 valence electrons. The fourth-order valence-corrected chi connectivity index (χ4v) is 3.77. The number of carbonyl (C=O) groups is 1. The van der Waals surface area contributed by atoms with E-state index in [0.29, 0.717) is 5.88 Å². The number of aromatic nitrogens is 1. The van der Waals surface area contributed by atoms with Crippen LogP contribution in [0.25, 0.3) is 0 Å². The molecular weight excluding hydrogens is 378 g/mol. The first-order valence-electron chi connectivity index (χ1n) is 9.09. The lowest BCUT2D eigenvalue weighted by molar-refractivity contribution is 0.0950. The largest absolute Gasteiger partial charge is 0.475 e. The van der Waals surface area contributed by atoms with Crippen molar-refractivity contribution < 1.29 is 17.9 Å². The third-order valence-corrected chi connectivity index (χ3v) is 6.14. The molecule has 2 rings (SSSR count). The van der Waals surface area contributed by atoms with Gasteiger partial charge in [-0.25, -0.2) is 13.4 Å². The lowest BCUT2D eigenvalue weighted by atomic mass is 10.2. The zero-order valence-corrected chi connectivity index (χ0v) is 17.7. The number of rotatable bonds is 8. The Hall–Kier alpha value is -2.45. The van der Waals surface area contributed by atoms with Crippen LogP contribution in [0.1, 0.15) is 43.6 Å². The van der Waals surface area contributed by atoms with Gasteiger partial charge in [0.05, 0.1) is 11.0 Å². The Morgan fingerprint density at radius 3 is 2.46 bits per heavy atom. The molecule has 0 radical (unpaired) electrons. The lowest BCUT2D eigenvalue weighted by Crippen LogP contribution is -2.33. The zero-order valence-electron chi connectivity index (χ0n) is 16.8. The molecule has 1 amide bonds. The summed E-state index contributed by atoms with van der Waals surface area (Å²) >= 11 is 0. The molecule has 1 heterocycles. The van der Waals surface area contributed by atoms with Crippen LogP contribution in [0, 0.1) is 0 Å². The van der Waals surface area contributed by atoms with Crippen LogP contribution in [0.3, 0.4) is 0 Å². The smallest absolute Gasteiger partial charge is 0.251 e. The van der Waals surface area contributed by atoms with Crippen LogP contribution in [-0.2, 0) is 16.6 Å². The van der Waals surface area contributed by atoms with E-state index < -0.39 is 10.0 Å². The van der Waals surface area contributed by atoms with Crippen molar-refractivity contribution in [3.05, 3.63) is 53.7 Å². The van der Waals surface area contributed by atoms with Crippen molar-refractivity contribution in [1.29, 1.82) is 0 Å². The SMILES string of the molecule is CC(C)Oc1ccc(CNC(=O)c2cccc(S(=O)(=O)N(C)C(C)C)c2)cn1. The summed E-state index contributed by atoms with van der Waals surface area (Å²) in [6.07, 6.45) is 1.67. The summed E-state index contributed by atoms with van der Waals surface area (Å²) in [6, 6.07) is 9.42. The minimum Gasteiger partial charge on any atom is -0.475 e. The van der Waals surface area contributed by atoms with Gasteiger partial charge in [0, 0.05) is 37.5 Å². The molecule has 0 aliphatic rings. The fraction of sp³-hybridized carbons (Fsp3) is 0.400. The number of nitrogens with zero attached hydrogens (tertiary/aromatic N) is 2. The van der Waals surface area contributed by atoms with E-state index in [0.717, 1.165) is 5.56 Å². The van der Waals surface area contributed by atoms with Crippen LogP contribution in [-0.4, -0.2) is 42.8 Å².